The quantitative estimate of drug-likeness (QED) is 0.179. The van der Waals surface area contributed by atoms with Crippen LogP contribution in [0.1, 0.15) is 0 Å². The number of hydrogen-bond acceptors (Lipinski definition) is 2. The maximum absolute atomic E-state index is 6.88. The fraction of sp³-hybridized carbons (Fsp3) is 0. The van der Waals surface area contributed by atoms with E-state index in [0.717, 1.165) is 50.1 Å². The zero-order valence-corrected chi connectivity index (χ0v) is 29.8. The van der Waals surface area contributed by atoms with Crippen molar-refractivity contribution in [1.82, 2.24) is 9.13 Å². The molecule has 0 radical (unpaired) electrons. The molecule has 0 amide bonds. The number of fused-ring (bicyclic) bond motifs is 11. The highest BCUT2D eigenvalue weighted by Gasteiger charge is 2.21. The fourth-order valence-electron chi connectivity index (χ4n) is 8.80. The first-order chi connectivity index (χ1) is 26.8. The van der Waals surface area contributed by atoms with Gasteiger partial charge in [-0.25, -0.2) is 0 Å². The van der Waals surface area contributed by atoms with Gasteiger partial charge in [-0.3, -0.25) is 4.57 Å². The van der Waals surface area contributed by atoms with Crippen molar-refractivity contribution in [3.63, 3.8) is 0 Å². The molecule has 0 aliphatic heterocycles. The summed E-state index contributed by atoms with van der Waals surface area (Å²) in [6, 6.07) is 65.8. The van der Waals surface area contributed by atoms with Crippen LogP contribution in [0.25, 0.3) is 109 Å². The van der Waals surface area contributed by atoms with E-state index in [2.05, 4.69) is 191 Å². The van der Waals surface area contributed by atoms with Crippen molar-refractivity contribution in [2.45, 2.75) is 0 Å². The Labute approximate surface area is 314 Å². The van der Waals surface area contributed by atoms with E-state index >= 15 is 0 Å². The first-order valence-corrected chi connectivity index (χ1v) is 19.2. The topological polar surface area (TPSA) is 23.0 Å². The Balaban J connectivity index is 1.00. The van der Waals surface area contributed by atoms with E-state index in [9.17, 15) is 0 Å². The molecule has 0 bridgehead atoms. The number of furan rings is 1. The molecular weight excluding hydrogens is 677 g/mol. The molecular formula is C50H30N2OS. The molecule has 0 spiro atoms. The fourth-order valence-corrected chi connectivity index (χ4v) is 9.93. The summed E-state index contributed by atoms with van der Waals surface area (Å²) in [4.78, 5) is 0. The minimum atomic E-state index is 0.870. The second kappa shape index (κ2) is 11.3. The van der Waals surface area contributed by atoms with Crippen LogP contribution < -0.4 is 0 Å². The third-order valence-electron chi connectivity index (χ3n) is 11.2. The summed E-state index contributed by atoms with van der Waals surface area (Å²) in [5.41, 5.74) is 12.2. The Morgan fingerprint density at radius 2 is 0.981 bits per heavy atom. The van der Waals surface area contributed by atoms with Gasteiger partial charge in [-0.05, 0) is 77.4 Å². The number of rotatable bonds is 4. The van der Waals surface area contributed by atoms with Crippen molar-refractivity contribution < 1.29 is 4.42 Å². The molecule has 3 nitrogen and oxygen atoms in total. The minimum absolute atomic E-state index is 0.870. The number of aromatic nitrogens is 2. The Kier molecular flexibility index (Phi) is 6.21. The number of thiophene rings is 1. The Morgan fingerprint density at radius 1 is 0.370 bits per heavy atom. The molecule has 252 valence electrons. The lowest BCUT2D eigenvalue weighted by molar-refractivity contribution is 0.646. The van der Waals surface area contributed by atoms with Gasteiger partial charge in [-0.1, -0.05) is 121 Å². The summed E-state index contributed by atoms with van der Waals surface area (Å²) in [6.45, 7) is 0. The van der Waals surface area contributed by atoms with Crippen LogP contribution in [0.2, 0.25) is 0 Å². The average Bonchev–Trinajstić information content (AvgIpc) is 3.98. The molecule has 54 heavy (non-hydrogen) atoms. The maximum Gasteiger partial charge on any atom is 0.213 e. The van der Waals surface area contributed by atoms with Gasteiger partial charge in [-0.15, -0.1) is 11.3 Å². The van der Waals surface area contributed by atoms with Gasteiger partial charge < -0.3 is 8.98 Å². The summed E-state index contributed by atoms with van der Waals surface area (Å²) < 4.78 is 14.2. The molecule has 0 N–H and O–H groups in total. The Bertz CT molecular complexity index is 3430. The highest BCUT2D eigenvalue weighted by molar-refractivity contribution is 7.25. The van der Waals surface area contributed by atoms with Crippen molar-refractivity contribution in [1.29, 1.82) is 0 Å². The summed E-state index contributed by atoms with van der Waals surface area (Å²) in [6.07, 6.45) is 0. The van der Waals surface area contributed by atoms with E-state index < -0.39 is 0 Å². The minimum Gasteiger partial charge on any atom is -0.438 e. The van der Waals surface area contributed by atoms with Gasteiger partial charge in [0.25, 0.3) is 0 Å². The van der Waals surface area contributed by atoms with Crippen LogP contribution in [0, 0.1) is 0 Å². The zero-order valence-electron chi connectivity index (χ0n) is 29.0. The highest BCUT2D eigenvalue weighted by Crippen LogP contribution is 2.44. The summed E-state index contributed by atoms with van der Waals surface area (Å²) in [5.74, 6) is 0. The van der Waals surface area contributed by atoms with E-state index in [1.165, 1.54) is 58.5 Å². The third-order valence-corrected chi connectivity index (χ3v) is 12.3. The maximum atomic E-state index is 6.88. The van der Waals surface area contributed by atoms with E-state index in [1.54, 1.807) is 0 Å². The van der Waals surface area contributed by atoms with Gasteiger partial charge in [0.2, 0.25) is 5.71 Å². The SMILES string of the molecule is c1ccc(-n2c3ccccc3c3c4cccc(-c5ccc(-n6c7ccccc7c7cc(-c8cccc9sc%10ccccc%10c89)ccc76)cc5)c4oc32)cc1. The zero-order chi connectivity index (χ0) is 35.3. The standard InChI is InChI=1S/C50H30N2OS/c1-2-12-33(13-3-1)52-43-21-8-5-15-38(43)48-40-19-10-18-36(49(40)53-50(48)52)31-24-27-34(28-25-31)51-42-20-7-4-14-37(42)41-30-32(26-29-44(41)51)35-17-11-23-46-47(35)39-16-6-9-22-45(39)54-46/h1-30H. The summed E-state index contributed by atoms with van der Waals surface area (Å²) in [7, 11) is 0. The van der Waals surface area contributed by atoms with Crippen LogP contribution in [0.5, 0.6) is 0 Å². The molecule has 8 aromatic carbocycles. The monoisotopic (exact) mass is 706 g/mol. The molecule has 4 heteroatoms. The van der Waals surface area contributed by atoms with E-state index in [1.807, 2.05) is 11.3 Å². The van der Waals surface area contributed by atoms with Crippen LogP contribution in [-0.4, -0.2) is 9.13 Å². The molecule has 0 unspecified atom stereocenters. The third kappa shape index (κ3) is 4.17. The first kappa shape index (κ1) is 29.7. The summed E-state index contributed by atoms with van der Waals surface area (Å²) >= 11 is 1.87. The number of hydrogen-bond donors (Lipinski definition) is 0. The van der Waals surface area contributed by atoms with Crippen molar-refractivity contribution in [3.05, 3.63) is 182 Å². The second-order valence-electron chi connectivity index (χ2n) is 14.1. The van der Waals surface area contributed by atoms with Gasteiger partial charge in [0, 0.05) is 58.7 Å². The largest absolute Gasteiger partial charge is 0.438 e. The number of para-hydroxylation sites is 4. The van der Waals surface area contributed by atoms with Crippen LogP contribution in [0.15, 0.2) is 186 Å². The van der Waals surface area contributed by atoms with Crippen LogP contribution >= 0.6 is 11.3 Å². The average molecular weight is 707 g/mol. The van der Waals surface area contributed by atoms with E-state index in [4.69, 9.17) is 4.42 Å². The molecule has 4 aromatic heterocycles. The van der Waals surface area contributed by atoms with E-state index in [0.29, 0.717) is 0 Å². The molecule has 0 atom stereocenters. The Hall–Kier alpha value is -6.88. The Morgan fingerprint density at radius 3 is 1.83 bits per heavy atom. The van der Waals surface area contributed by atoms with Gasteiger partial charge in [0.05, 0.1) is 21.9 Å². The van der Waals surface area contributed by atoms with E-state index in [-0.39, 0.29) is 0 Å². The van der Waals surface area contributed by atoms with Gasteiger partial charge >= 0.3 is 0 Å². The number of benzene rings is 8. The summed E-state index contributed by atoms with van der Waals surface area (Å²) in [5, 5.41) is 8.63. The molecule has 0 fully saturated rings. The number of nitrogens with zero attached hydrogens (tertiary/aromatic N) is 2. The van der Waals surface area contributed by atoms with Crippen molar-refractivity contribution in [2.75, 3.05) is 0 Å². The van der Waals surface area contributed by atoms with Crippen molar-refractivity contribution >= 4 is 86.3 Å². The van der Waals surface area contributed by atoms with Gasteiger partial charge in [0.1, 0.15) is 5.58 Å². The molecule has 4 heterocycles. The lowest BCUT2D eigenvalue weighted by Crippen LogP contribution is -1.94. The predicted octanol–water partition coefficient (Wildman–Crippen LogP) is 14.3. The van der Waals surface area contributed by atoms with Crippen LogP contribution in [-0.2, 0) is 0 Å². The lowest BCUT2D eigenvalue weighted by Gasteiger charge is -2.11. The van der Waals surface area contributed by atoms with Crippen molar-refractivity contribution in [3.8, 4) is 33.6 Å². The van der Waals surface area contributed by atoms with Crippen LogP contribution in [0.3, 0.4) is 0 Å². The second-order valence-corrected chi connectivity index (χ2v) is 15.1. The van der Waals surface area contributed by atoms with Gasteiger partial charge in [-0.2, -0.15) is 0 Å². The first-order valence-electron chi connectivity index (χ1n) is 18.3. The molecule has 0 aliphatic carbocycles. The van der Waals surface area contributed by atoms with Crippen LogP contribution in [0.4, 0.5) is 0 Å². The lowest BCUT2D eigenvalue weighted by atomic mass is 9.98. The normalized spacial score (nSPS) is 12.1. The van der Waals surface area contributed by atoms with Crippen molar-refractivity contribution in [2.24, 2.45) is 0 Å². The predicted molar refractivity (Wildman–Crippen MR) is 229 cm³/mol. The smallest absolute Gasteiger partial charge is 0.213 e. The molecule has 12 rings (SSSR count). The molecule has 0 aliphatic rings. The molecule has 12 aromatic rings. The molecule has 0 saturated heterocycles. The highest BCUT2D eigenvalue weighted by atomic mass is 32.1. The molecule has 0 saturated carbocycles. The van der Waals surface area contributed by atoms with Gasteiger partial charge in [0.15, 0.2) is 0 Å².